The van der Waals surface area contributed by atoms with Crippen LogP contribution in [-0.4, -0.2) is 44.8 Å². The van der Waals surface area contributed by atoms with Crippen molar-refractivity contribution in [1.29, 1.82) is 0 Å². The predicted molar refractivity (Wildman–Crippen MR) is 121 cm³/mol. The van der Waals surface area contributed by atoms with E-state index in [0.717, 1.165) is 52.6 Å². The number of aryl methyl sites for hydroxylation is 1. The van der Waals surface area contributed by atoms with Crippen LogP contribution in [0.4, 0.5) is 10.2 Å². The Labute approximate surface area is 180 Å². The van der Waals surface area contributed by atoms with Crippen molar-refractivity contribution >= 4 is 11.5 Å². The van der Waals surface area contributed by atoms with Crippen LogP contribution < -0.4 is 10.2 Å². The third-order valence-corrected chi connectivity index (χ3v) is 5.71. The van der Waals surface area contributed by atoms with Gasteiger partial charge in [0.15, 0.2) is 5.65 Å². The lowest BCUT2D eigenvalue weighted by Gasteiger charge is -2.36. The smallest absolute Gasteiger partial charge is 0.158 e. The molecule has 0 saturated carbocycles. The number of rotatable bonds is 3. The van der Waals surface area contributed by atoms with E-state index >= 15 is 0 Å². The monoisotopic (exact) mass is 416 g/mol. The van der Waals surface area contributed by atoms with Gasteiger partial charge >= 0.3 is 0 Å². The van der Waals surface area contributed by atoms with Gasteiger partial charge in [0.2, 0.25) is 0 Å². The first kappa shape index (κ1) is 19.6. The van der Waals surface area contributed by atoms with Gasteiger partial charge in [0, 0.05) is 48.7 Å². The number of hydrogen-bond acceptors (Lipinski definition) is 5. The van der Waals surface area contributed by atoms with Crippen molar-refractivity contribution in [2.24, 2.45) is 0 Å². The summed E-state index contributed by atoms with van der Waals surface area (Å²) < 4.78 is 15.5. The van der Waals surface area contributed by atoms with Gasteiger partial charge in [0.25, 0.3) is 0 Å². The third-order valence-electron chi connectivity index (χ3n) is 5.71. The summed E-state index contributed by atoms with van der Waals surface area (Å²) in [4.78, 5) is 11.4. The van der Waals surface area contributed by atoms with E-state index < -0.39 is 0 Å². The molecular weight excluding hydrogens is 391 g/mol. The summed E-state index contributed by atoms with van der Waals surface area (Å²) in [6.07, 6.45) is 3.53. The molecule has 0 unspecified atom stereocenters. The van der Waals surface area contributed by atoms with E-state index in [2.05, 4.69) is 42.0 Å². The summed E-state index contributed by atoms with van der Waals surface area (Å²) in [6, 6.07) is 13.2. The molecule has 1 aliphatic heterocycles. The molecule has 4 aromatic rings. The lowest BCUT2D eigenvalue weighted by molar-refractivity contribution is 0.404. The first-order chi connectivity index (χ1) is 15.0. The van der Waals surface area contributed by atoms with Gasteiger partial charge in [0.1, 0.15) is 17.3 Å². The maximum atomic E-state index is 13.6. The Balaban J connectivity index is 1.73. The highest BCUT2D eigenvalue weighted by Gasteiger charge is 2.25. The van der Waals surface area contributed by atoms with Gasteiger partial charge < -0.3 is 10.2 Å². The molecule has 1 saturated heterocycles. The number of fused-ring (bicyclic) bond motifs is 1. The largest absolute Gasteiger partial charge is 0.352 e. The maximum Gasteiger partial charge on any atom is 0.158 e. The number of pyridine rings is 1. The Morgan fingerprint density at radius 1 is 0.968 bits per heavy atom. The van der Waals surface area contributed by atoms with Crippen molar-refractivity contribution in [2.45, 2.75) is 32.9 Å². The van der Waals surface area contributed by atoms with Gasteiger partial charge in [-0.1, -0.05) is 0 Å². The molecule has 2 atom stereocenters. The first-order valence-corrected chi connectivity index (χ1v) is 10.6. The van der Waals surface area contributed by atoms with E-state index in [1.54, 1.807) is 24.5 Å². The molecule has 0 spiro atoms. The molecule has 158 valence electrons. The van der Waals surface area contributed by atoms with Crippen LogP contribution in [0.15, 0.2) is 54.9 Å². The van der Waals surface area contributed by atoms with Crippen LogP contribution in [0.2, 0.25) is 0 Å². The van der Waals surface area contributed by atoms with Gasteiger partial charge in [-0.05, 0) is 68.8 Å². The van der Waals surface area contributed by atoms with Crippen molar-refractivity contribution in [3.05, 3.63) is 66.2 Å². The second-order valence-corrected chi connectivity index (χ2v) is 8.35. The zero-order valence-corrected chi connectivity index (χ0v) is 17.9. The summed E-state index contributed by atoms with van der Waals surface area (Å²) in [5.41, 5.74) is 5.32. The average molecular weight is 417 g/mol. The summed E-state index contributed by atoms with van der Waals surface area (Å²) in [5, 5.41) is 8.60. The van der Waals surface area contributed by atoms with Crippen molar-refractivity contribution in [3.63, 3.8) is 0 Å². The zero-order chi connectivity index (χ0) is 21.5. The quantitative estimate of drug-likeness (QED) is 0.545. The molecule has 1 aliphatic rings. The van der Waals surface area contributed by atoms with Gasteiger partial charge in [-0.2, -0.15) is 0 Å². The molecule has 0 bridgehead atoms. The minimum atomic E-state index is -0.267. The zero-order valence-electron chi connectivity index (χ0n) is 17.9. The number of nitrogens with zero attached hydrogens (tertiary/aromatic N) is 5. The minimum absolute atomic E-state index is 0.267. The van der Waals surface area contributed by atoms with Crippen molar-refractivity contribution in [3.8, 4) is 22.5 Å². The number of hydrogen-bond donors (Lipinski definition) is 1. The number of anilines is 1. The first-order valence-electron chi connectivity index (χ1n) is 10.6. The Kier molecular flexibility index (Phi) is 4.90. The van der Waals surface area contributed by atoms with Crippen molar-refractivity contribution in [1.82, 2.24) is 24.9 Å². The minimum Gasteiger partial charge on any atom is -0.352 e. The van der Waals surface area contributed by atoms with Crippen LogP contribution in [0.3, 0.4) is 0 Å². The molecule has 4 heterocycles. The fourth-order valence-electron chi connectivity index (χ4n) is 4.40. The molecule has 1 N–H and O–H groups in total. The highest BCUT2D eigenvalue weighted by atomic mass is 19.1. The number of benzene rings is 1. The highest BCUT2D eigenvalue weighted by Crippen LogP contribution is 2.34. The van der Waals surface area contributed by atoms with Gasteiger partial charge in [-0.25, -0.2) is 13.9 Å². The summed E-state index contributed by atoms with van der Waals surface area (Å²) in [7, 11) is 0. The Morgan fingerprint density at radius 2 is 1.65 bits per heavy atom. The second kappa shape index (κ2) is 7.74. The number of nitrogens with one attached hydrogen (secondary N) is 1. The number of aromatic nitrogens is 4. The molecular formula is C24H25FN6. The predicted octanol–water partition coefficient (Wildman–Crippen LogP) is 4.09. The molecule has 6 nitrogen and oxygen atoms in total. The maximum absolute atomic E-state index is 13.6. The van der Waals surface area contributed by atoms with Crippen LogP contribution >= 0.6 is 0 Å². The van der Waals surface area contributed by atoms with Crippen LogP contribution in [-0.2, 0) is 0 Å². The summed E-state index contributed by atoms with van der Waals surface area (Å²) in [6.45, 7) is 8.24. The number of imidazole rings is 1. The Morgan fingerprint density at radius 3 is 2.32 bits per heavy atom. The van der Waals surface area contributed by atoms with Gasteiger partial charge in [-0.3, -0.25) is 4.98 Å². The molecule has 1 aromatic carbocycles. The second-order valence-electron chi connectivity index (χ2n) is 8.35. The number of halogens is 1. The van der Waals surface area contributed by atoms with Crippen molar-refractivity contribution in [2.75, 3.05) is 18.0 Å². The van der Waals surface area contributed by atoms with Crippen molar-refractivity contribution < 1.29 is 4.39 Å². The molecule has 0 aliphatic carbocycles. The van der Waals surface area contributed by atoms with E-state index in [4.69, 9.17) is 10.1 Å². The molecule has 1 fully saturated rings. The van der Waals surface area contributed by atoms with E-state index in [-0.39, 0.29) is 5.82 Å². The molecule has 5 rings (SSSR count). The van der Waals surface area contributed by atoms with Crippen LogP contribution in [0, 0.1) is 12.7 Å². The van der Waals surface area contributed by atoms with Crippen LogP contribution in [0.25, 0.3) is 28.2 Å². The Bertz CT molecular complexity index is 1210. The Hall–Kier alpha value is -3.32. The number of piperazine rings is 1. The van der Waals surface area contributed by atoms with Crippen LogP contribution in [0.5, 0.6) is 0 Å². The fraction of sp³-hybridized carbons (Fsp3) is 0.292. The normalized spacial score (nSPS) is 19.2. The van der Waals surface area contributed by atoms with E-state index in [0.29, 0.717) is 12.1 Å². The fourth-order valence-corrected chi connectivity index (χ4v) is 4.40. The van der Waals surface area contributed by atoms with E-state index in [9.17, 15) is 4.39 Å². The SMILES string of the molecule is Cc1cc(N2C[C@@H](C)N[C@@H](C)C2)nn2c(-c3ccncc3)c(-c3ccc(F)cc3)nc12. The highest BCUT2D eigenvalue weighted by molar-refractivity contribution is 5.82. The lowest BCUT2D eigenvalue weighted by atomic mass is 10.1. The molecule has 31 heavy (non-hydrogen) atoms. The molecule has 7 heteroatoms. The summed E-state index contributed by atoms with van der Waals surface area (Å²) in [5.74, 6) is 0.667. The molecule has 0 radical (unpaired) electrons. The standard InChI is InChI=1S/C24H25FN6/c1-15-12-21(30-13-16(2)27-17(3)14-30)29-31-23(19-8-10-26-11-9-19)22(28-24(15)31)18-4-6-20(25)7-5-18/h4-12,16-17,27H,13-14H2,1-3H3/t16-,17+. The van der Waals surface area contributed by atoms with Gasteiger partial charge in [0.05, 0.1) is 5.69 Å². The van der Waals surface area contributed by atoms with E-state index in [1.165, 1.54) is 12.1 Å². The van der Waals surface area contributed by atoms with E-state index in [1.807, 2.05) is 16.6 Å². The lowest BCUT2D eigenvalue weighted by Crippen LogP contribution is -2.54. The summed E-state index contributed by atoms with van der Waals surface area (Å²) >= 11 is 0. The molecule has 0 amide bonds. The van der Waals surface area contributed by atoms with Gasteiger partial charge in [-0.15, -0.1) is 5.10 Å². The molecule has 3 aromatic heterocycles. The average Bonchev–Trinajstić information content (AvgIpc) is 3.14. The third kappa shape index (κ3) is 3.65. The topological polar surface area (TPSA) is 58.4 Å². The van der Waals surface area contributed by atoms with Crippen LogP contribution in [0.1, 0.15) is 19.4 Å².